The van der Waals surface area contributed by atoms with Crippen molar-refractivity contribution < 1.29 is 8.42 Å². The van der Waals surface area contributed by atoms with E-state index in [1.165, 1.54) is 6.26 Å². The topological polar surface area (TPSA) is 92.5 Å². The molecule has 0 bridgehead atoms. The Balaban J connectivity index is 1.59. The fourth-order valence-corrected chi connectivity index (χ4v) is 3.94. The minimum Gasteiger partial charge on any atom is -0.354 e. The van der Waals surface area contributed by atoms with Crippen molar-refractivity contribution in [2.75, 3.05) is 24.2 Å². The number of piperidine rings is 1. The van der Waals surface area contributed by atoms with Crippen molar-refractivity contribution in [2.45, 2.75) is 37.6 Å². The second kappa shape index (κ2) is 5.41. The molecule has 0 spiro atoms. The highest BCUT2D eigenvalue weighted by molar-refractivity contribution is 7.88. The van der Waals surface area contributed by atoms with Crippen molar-refractivity contribution in [1.29, 1.82) is 0 Å². The van der Waals surface area contributed by atoms with Gasteiger partial charge in [-0.15, -0.1) is 15.3 Å². The summed E-state index contributed by atoms with van der Waals surface area (Å²) in [4.78, 5) is 2.13. The number of sulfonamides is 1. The lowest BCUT2D eigenvalue weighted by Crippen LogP contribution is -2.47. The molecule has 0 aromatic carbocycles. The van der Waals surface area contributed by atoms with Crippen LogP contribution in [0.3, 0.4) is 0 Å². The molecule has 1 atom stereocenters. The van der Waals surface area contributed by atoms with Gasteiger partial charge in [-0.25, -0.2) is 13.1 Å². The van der Waals surface area contributed by atoms with Crippen LogP contribution in [0.5, 0.6) is 0 Å². The number of nitrogens with one attached hydrogen (secondary N) is 1. The summed E-state index contributed by atoms with van der Waals surface area (Å²) in [6.45, 7) is 1.51. The molecule has 1 aliphatic heterocycles. The van der Waals surface area contributed by atoms with E-state index >= 15 is 0 Å². The zero-order chi connectivity index (χ0) is 16.0. The molecular weight excluding hydrogens is 316 g/mol. The molecule has 1 aliphatic carbocycles. The lowest BCUT2D eigenvalue weighted by molar-refractivity contribution is 0.464. The Kier molecular flexibility index (Phi) is 3.49. The van der Waals surface area contributed by atoms with Gasteiger partial charge in [-0.05, 0) is 37.8 Å². The van der Waals surface area contributed by atoms with Crippen LogP contribution in [0.4, 0.5) is 5.82 Å². The van der Waals surface area contributed by atoms with Gasteiger partial charge in [-0.1, -0.05) is 0 Å². The predicted octanol–water partition coefficient (Wildman–Crippen LogP) is 0.520. The Labute approximate surface area is 134 Å². The highest BCUT2D eigenvalue weighted by Gasteiger charge is 2.30. The fraction of sp³-hybridized carbons (Fsp3) is 0.643. The fourth-order valence-electron chi connectivity index (χ4n) is 3.14. The largest absolute Gasteiger partial charge is 0.354 e. The summed E-state index contributed by atoms with van der Waals surface area (Å²) >= 11 is 0. The number of hydrogen-bond donors (Lipinski definition) is 1. The van der Waals surface area contributed by atoms with Crippen molar-refractivity contribution >= 4 is 21.5 Å². The van der Waals surface area contributed by atoms with Crippen LogP contribution in [0.2, 0.25) is 0 Å². The van der Waals surface area contributed by atoms with E-state index in [1.807, 2.05) is 16.6 Å². The van der Waals surface area contributed by atoms with Crippen LogP contribution in [0, 0.1) is 0 Å². The molecule has 0 radical (unpaired) electrons. The van der Waals surface area contributed by atoms with Crippen molar-refractivity contribution in [1.82, 2.24) is 24.5 Å². The molecule has 0 amide bonds. The van der Waals surface area contributed by atoms with Crippen LogP contribution >= 0.6 is 0 Å². The predicted molar refractivity (Wildman–Crippen MR) is 86.0 cm³/mol. The van der Waals surface area contributed by atoms with E-state index in [0.717, 1.165) is 49.5 Å². The minimum atomic E-state index is -3.19. The summed E-state index contributed by atoms with van der Waals surface area (Å²) in [7, 11) is -3.19. The van der Waals surface area contributed by atoms with Gasteiger partial charge in [0.1, 0.15) is 5.82 Å². The van der Waals surface area contributed by atoms with Gasteiger partial charge in [0.05, 0.1) is 6.26 Å². The Morgan fingerprint density at radius 1 is 1.22 bits per heavy atom. The van der Waals surface area contributed by atoms with Crippen LogP contribution in [0.1, 0.15) is 37.4 Å². The minimum absolute atomic E-state index is 0.0694. The molecule has 1 unspecified atom stereocenters. The smallest absolute Gasteiger partial charge is 0.209 e. The second-order valence-electron chi connectivity index (χ2n) is 6.47. The van der Waals surface area contributed by atoms with Gasteiger partial charge in [0.25, 0.3) is 0 Å². The highest BCUT2D eigenvalue weighted by Crippen LogP contribution is 2.38. The lowest BCUT2D eigenvalue weighted by atomic mass is 10.1. The zero-order valence-electron chi connectivity index (χ0n) is 13.0. The molecule has 2 fully saturated rings. The van der Waals surface area contributed by atoms with Crippen LogP contribution in [0.25, 0.3) is 5.65 Å². The number of rotatable bonds is 4. The summed E-state index contributed by atoms with van der Waals surface area (Å²) < 4.78 is 27.4. The molecule has 2 aromatic heterocycles. The summed E-state index contributed by atoms with van der Waals surface area (Å²) in [6, 6.07) is 3.79. The number of aromatic nitrogens is 4. The van der Waals surface area contributed by atoms with Crippen LogP contribution in [0.15, 0.2) is 12.1 Å². The average Bonchev–Trinajstić information content (AvgIpc) is 3.25. The number of fused-ring (bicyclic) bond motifs is 1. The van der Waals surface area contributed by atoms with Crippen molar-refractivity contribution in [3.63, 3.8) is 0 Å². The van der Waals surface area contributed by atoms with Gasteiger partial charge in [0.2, 0.25) is 10.0 Å². The maximum Gasteiger partial charge on any atom is 0.209 e. The summed E-state index contributed by atoms with van der Waals surface area (Å²) in [6.07, 6.45) is 5.29. The van der Waals surface area contributed by atoms with Crippen LogP contribution in [-0.2, 0) is 10.0 Å². The van der Waals surface area contributed by atoms with E-state index in [2.05, 4.69) is 19.8 Å². The van der Waals surface area contributed by atoms with Gasteiger partial charge in [0.15, 0.2) is 11.5 Å². The molecule has 2 aliphatic rings. The first-order chi connectivity index (χ1) is 11.0. The van der Waals surface area contributed by atoms with Crippen molar-refractivity contribution in [3.05, 3.63) is 18.0 Å². The third-order valence-electron chi connectivity index (χ3n) is 4.34. The molecule has 124 valence electrons. The van der Waals surface area contributed by atoms with E-state index in [-0.39, 0.29) is 6.04 Å². The number of hydrogen-bond acceptors (Lipinski definition) is 6. The Bertz CT molecular complexity index is 829. The Morgan fingerprint density at radius 3 is 2.78 bits per heavy atom. The molecular formula is C14H20N6O2S. The molecule has 1 saturated carbocycles. The van der Waals surface area contributed by atoms with E-state index in [1.54, 1.807) is 0 Å². The van der Waals surface area contributed by atoms with Gasteiger partial charge < -0.3 is 4.90 Å². The zero-order valence-corrected chi connectivity index (χ0v) is 13.8. The molecule has 23 heavy (non-hydrogen) atoms. The first-order valence-electron chi connectivity index (χ1n) is 7.94. The normalized spacial score (nSPS) is 22.7. The Hall–Kier alpha value is -1.74. The second-order valence-corrected chi connectivity index (χ2v) is 8.25. The van der Waals surface area contributed by atoms with Gasteiger partial charge in [-0.3, -0.25) is 0 Å². The quantitative estimate of drug-likeness (QED) is 0.875. The van der Waals surface area contributed by atoms with E-state index in [0.29, 0.717) is 12.5 Å². The first-order valence-corrected chi connectivity index (χ1v) is 9.83. The summed E-state index contributed by atoms with van der Waals surface area (Å²) in [5, 5.41) is 13.1. The van der Waals surface area contributed by atoms with Crippen LogP contribution < -0.4 is 9.62 Å². The van der Waals surface area contributed by atoms with E-state index in [9.17, 15) is 8.42 Å². The van der Waals surface area contributed by atoms with Crippen molar-refractivity contribution in [3.8, 4) is 0 Å². The molecule has 2 aromatic rings. The van der Waals surface area contributed by atoms with Crippen LogP contribution in [-0.4, -0.2) is 53.6 Å². The van der Waals surface area contributed by atoms with Crippen molar-refractivity contribution in [2.24, 2.45) is 0 Å². The maximum absolute atomic E-state index is 11.4. The monoisotopic (exact) mass is 336 g/mol. The number of nitrogens with zero attached hydrogens (tertiary/aromatic N) is 5. The van der Waals surface area contributed by atoms with Gasteiger partial charge >= 0.3 is 0 Å². The number of anilines is 1. The summed E-state index contributed by atoms with van der Waals surface area (Å²) in [5.41, 5.74) is 0.762. The first kappa shape index (κ1) is 14.8. The van der Waals surface area contributed by atoms with Gasteiger partial charge in [-0.2, -0.15) is 4.52 Å². The molecule has 8 nitrogen and oxygen atoms in total. The van der Waals surface area contributed by atoms with E-state index < -0.39 is 10.0 Å². The molecule has 1 N–H and O–H groups in total. The van der Waals surface area contributed by atoms with Gasteiger partial charge in [0, 0.05) is 25.0 Å². The highest BCUT2D eigenvalue weighted by atomic mass is 32.2. The lowest BCUT2D eigenvalue weighted by Gasteiger charge is -2.33. The summed E-state index contributed by atoms with van der Waals surface area (Å²) in [5.74, 6) is 2.26. The molecule has 9 heteroatoms. The SMILES string of the molecule is CS(=O)(=O)NC1CCCN(c2ccc3nnc(C4CC4)n3n2)C1. The Morgan fingerprint density at radius 2 is 2.04 bits per heavy atom. The average molecular weight is 336 g/mol. The maximum atomic E-state index is 11.4. The molecule has 1 saturated heterocycles. The van der Waals surface area contributed by atoms with E-state index in [4.69, 9.17) is 5.10 Å². The molecule has 3 heterocycles. The standard InChI is InChI=1S/C14H20N6O2S/c1-23(21,22)18-11-3-2-8-19(9-11)13-7-6-12-15-16-14(10-4-5-10)20(12)17-13/h6-7,10-11,18H,2-5,8-9H2,1H3. The molecule has 4 rings (SSSR count). The third-order valence-corrected chi connectivity index (χ3v) is 5.10. The third kappa shape index (κ3) is 3.16.